The average molecular weight is 513 g/mol. The van der Waals surface area contributed by atoms with Crippen LogP contribution >= 0.6 is 11.6 Å². The number of anilines is 1. The summed E-state index contributed by atoms with van der Waals surface area (Å²) in [6, 6.07) is 21.1. The number of nitrogens with zero attached hydrogens (tertiary/aromatic N) is 1. The summed E-state index contributed by atoms with van der Waals surface area (Å²) in [5, 5.41) is 3.53. The zero-order valence-electron chi connectivity index (χ0n) is 20.0. The Kier molecular flexibility index (Phi) is 7.10. The first-order valence-corrected chi connectivity index (χ1v) is 13.3. The number of sulfonamides is 1. The van der Waals surface area contributed by atoms with Crippen LogP contribution in [0, 0.1) is 0 Å². The van der Waals surface area contributed by atoms with E-state index >= 15 is 0 Å². The Bertz CT molecular complexity index is 1300. The fraction of sp³-hybridized carbons (Fsp3) is 0.296. The highest BCUT2D eigenvalue weighted by molar-refractivity contribution is 7.92. The van der Waals surface area contributed by atoms with Crippen LogP contribution in [0.15, 0.2) is 77.7 Å². The van der Waals surface area contributed by atoms with Crippen LogP contribution in [0.3, 0.4) is 0 Å². The summed E-state index contributed by atoms with van der Waals surface area (Å²) in [5.41, 5.74) is 2.26. The molecule has 1 N–H and O–H groups in total. The van der Waals surface area contributed by atoms with E-state index in [1.807, 2.05) is 24.3 Å². The number of nitrogens with one attached hydrogen (secondary N) is 1. The number of hydrogen-bond donors (Lipinski definition) is 1. The Hall–Kier alpha value is -3.03. The molecule has 1 amide bonds. The number of benzene rings is 3. The minimum Gasteiger partial charge on any atom is -0.476 e. The molecule has 0 fully saturated rings. The van der Waals surface area contributed by atoms with E-state index in [9.17, 15) is 13.2 Å². The van der Waals surface area contributed by atoms with E-state index < -0.39 is 16.1 Å². The van der Waals surface area contributed by atoms with Crippen molar-refractivity contribution in [3.05, 3.63) is 88.9 Å². The van der Waals surface area contributed by atoms with E-state index in [2.05, 4.69) is 26.1 Å². The molecule has 6 nitrogen and oxygen atoms in total. The number of carbonyl (C=O) groups is 1. The number of fused-ring (bicyclic) bond motifs is 1. The van der Waals surface area contributed by atoms with Crippen molar-refractivity contribution in [1.29, 1.82) is 0 Å². The monoisotopic (exact) mass is 512 g/mol. The van der Waals surface area contributed by atoms with Crippen molar-refractivity contribution in [1.82, 2.24) is 5.32 Å². The minimum atomic E-state index is -3.91. The standard InChI is InChI=1S/C27H29ClN2O4S/c1-27(2,3)20-11-14-24-23(17-20)30(35(32,33)22-7-5-4-6-8-22)18-25(34-24)26(31)29-16-15-19-9-12-21(28)13-10-19/h4-14,17,25H,15-16,18H2,1-3H3,(H,29,31)/t25-/m1/s1. The van der Waals surface area contributed by atoms with Crippen molar-refractivity contribution >= 4 is 33.2 Å². The number of carbonyl (C=O) groups excluding carboxylic acids is 1. The topological polar surface area (TPSA) is 75.7 Å². The highest BCUT2D eigenvalue weighted by Gasteiger charge is 2.38. The van der Waals surface area contributed by atoms with Crippen LogP contribution < -0.4 is 14.4 Å². The molecule has 0 unspecified atom stereocenters. The molecule has 0 bridgehead atoms. The van der Waals surface area contributed by atoms with Gasteiger partial charge in [0.25, 0.3) is 15.9 Å². The first-order chi connectivity index (χ1) is 16.6. The lowest BCUT2D eigenvalue weighted by Crippen LogP contribution is -2.51. The van der Waals surface area contributed by atoms with E-state index in [4.69, 9.17) is 16.3 Å². The third-order valence-corrected chi connectivity index (χ3v) is 7.99. The van der Waals surface area contributed by atoms with Crippen molar-refractivity contribution in [2.24, 2.45) is 0 Å². The second-order valence-corrected chi connectivity index (χ2v) is 11.9. The molecular formula is C27H29ClN2O4S. The van der Waals surface area contributed by atoms with Crippen LogP contribution in [0.25, 0.3) is 0 Å². The summed E-state index contributed by atoms with van der Waals surface area (Å²) in [4.78, 5) is 13.2. The van der Waals surface area contributed by atoms with Gasteiger partial charge in [-0.05, 0) is 59.4 Å². The lowest BCUT2D eigenvalue weighted by atomic mass is 9.86. The van der Waals surface area contributed by atoms with Crippen molar-refractivity contribution in [3.63, 3.8) is 0 Å². The molecule has 1 heterocycles. The molecule has 0 radical (unpaired) electrons. The van der Waals surface area contributed by atoms with Gasteiger partial charge in [0.2, 0.25) is 0 Å². The van der Waals surface area contributed by atoms with Gasteiger partial charge in [-0.25, -0.2) is 8.42 Å². The highest BCUT2D eigenvalue weighted by atomic mass is 35.5. The summed E-state index contributed by atoms with van der Waals surface area (Å²) in [6.45, 7) is 6.45. The molecule has 1 atom stereocenters. The summed E-state index contributed by atoms with van der Waals surface area (Å²) < 4.78 is 34.6. The maximum Gasteiger partial charge on any atom is 0.264 e. The van der Waals surface area contributed by atoms with Crippen molar-refractivity contribution < 1.29 is 17.9 Å². The first-order valence-electron chi connectivity index (χ1n) is 11.5. The normalized spacial score (nSPS) is 15.8. The van der Waals surface area contributed by atoms with Crippen molar-refractivity contribution in [2.75, 3.05) is 17.4 Å². The number of hydrogen-bond acceptors (Lipinski definition) is 4. The Balaban J connectivity index is 1.60. The molecule has 0 saturated heterocycles. The molecule has 0 spiro atoms. The van der Waals surface area contributed by atoms with Crippen molar-refractivity contribution in [2.45, 2.75) is 43.6 Å². The third-order valence-electron chi connectivity index (χ3n) is 5.94. The summed E-state index contributed by atoms with van der Waals surface area (Å²) in [6.07, 6.45) is -0.362. The molecule has 3 aromatic rings. The van der Waals surface area contributed by atoms with Gasteiger partial charge in [-0.2, -0.15) is 0 Å². The predicted molar refractivity (Wildman–Crippen MR) is 139 cm³/mol. The largest absolute Gasteiger partial charge is 0.476 e. The van der Waals surface area contributed by atoms with Crippen LogP contribution in [-0.2, 0) is 26.7 Å². The Labute approximate surface area is 211 Å². The van der Waals surface area contributed by atoms with E-state index in [0.717, 1.165) is 11.1 Å². The van der Waals surface area contributed by atoms with Crippen LogP contribution in [0.2, 0.25) is 5.02 Å². The fourth-order valence-electron chi connectivity index (χ4n) is 3.90. The molecule has 0 aliphatic carbocycles. The summed E-state index contributed by atoms with van der Waals surface area (Å²) in [5.74, 6) is -0.000574. The molecule has 1 aliphatic rings. The number of ether oxygens (including phenoxy) is 1. The van der Waals surface area contributed by atoms with Gasteiger partial charge in [0.15, 0.2) is 6.10 Å². The quantitative estimate of drug-likeness (QED) is 0.507. The van der Waals surface area contributed by atoms with Gasteiger partial charge in [0, 0.05) is 11.6 Å². The maximum atomic E-state index is 13.6. The fourth-order valence-corrected chi connectivity index (χ4v) is 5.51. The Morgan fingerprint density at radius 2 is 1.74 bits per heavy atom. The first kappa shape index (κ1) is 25.1. The zero-order valence-corrected chi connectivity index (χ0v) is 21.6. The maximum absolute atomic E-state index is 13.6. The van der Waals surface area contributed by atoms with Gasteiger partial charge in [-0.1, -0.05) is 68.8 Å². The summed E-state index contributed by atoms with van der Waals surface area (Å²) >= 11 is 5.93. The van der Waals surface area contributed by atoms with E-state index in [1.54, 1.807) is 48.5 Å². The van der Waals surface area contributed by atoms with Crippen molar-refractivity contribution in [3.8, 4) is 5.75 Å². The van der Waals surface area contributed by atoms with Gasteiger partial charge in [-0.3, -0.25) is 9.10 Å². The number of amides is 1. The summed E-state index contributed by atoms with van der Waals surface area (Å²) in [7, 11) is -3.91. The van der Waals surface area contributed by atoms with Crippen LogP contribution in [-0.4, -0.2) is 33.5 Å². The molecular weight excluding hydrogens is 484 g/mol. The molecule has 8 heteroatoms. The van der Waals surface area contributed by atoms with Crippen LogP contribution in [0.4, 0.5) is 5.69 Å². The van der Waals surface area contributed by atoms with E-state index in [-0.39, 0.29) is 22.8 Å². The minimum absolute atomic E-state index is 0.120. The van der Waals surface area contributed by atoms with Gasteiger partial charge in [0.05, 0.1) is 17.1 Å². The molecule has 184 valence electrons. The molecule has 0 saturated carbocycles. The molecule has 1 aliphatic heterocycles. The van der Waals surface area contributed by atoms with E-state index in [0.29, 0.717) is 29.4 Å². The predicted octanol–water partition coefficient (Wildman–Crippen LogP) is 4.95. The second-order valence-electron chi connectivity index (χ2n) is 9.56. The van der Waals surface area contributed by atoms with Gasteiger partial charge >= 0.3 is 0 Å². The zero-order chi connectivity index (χ0) is 25.2. The highest BCUT2D eigenvalue weighted by Crippen LogP contribution is 2.40. The molecule has 35 heavy (non-hydrogen) atoms. The number of halogens is 1. The van der Waals surface area contributed by atoms with Gasteiger partial charge < -0.3 is 10.1 Å². The third kappa shape index (κ3) is 5.63. The van der Waals surface area contributed by atoms with E-state index in [1.165, 1.54) is 4.31 Å². The van der Waals surface area contributed by atoms with Crippen LogP contribution in [0.5, 0.6) is 5.75 Å². The van der Waals surface area contributed by atoms with Gasteiger partial charge in [0.1, 0.15) is 5.75 Å². The lowest BCUT2D eigenvalue weighted by Gasteiger charge is -2.36. The van der Waals surface area contributed by atoms with Gasteiger partial charge in [-0.15, -0.1) is 0 Å². The van der Waals surface area contributed by atoms with Crippen LogP contribution in [0.1, 0.15) is 31.9 Å². The Morgan fingerprint density at radius 3 is 2.40 bits per heavy atom. The smallest absolute Gasteiger partial charge is 0.264 e. The molecule has 4 rings (SSSR count). The second kappa shape index (κ2) is 9.91. The molecule has 3 aromatic carbocycles. The molecule has 0 aromatic heterocycles. The lowest BCUT2D eigenvalue weighted by molar-refractivity contribution is -0.127. The SMILES string of the molecule is CC(C)(C)c1ccc2c(c1)N(S(=O)(=O)c1ccccc1)C[C@H](C(=O)NCCc1ccc(Cl)cc1)O2. The Morgan fingerprint density at radius 1 is 1.06 bits per heavy atom. The average Bonchev–Trinajstić information content (AvgIpc) is 2.84. The number of rotatable bonds is 6.